The van der Waals surface area contributed by atoms with Crippen LogP contribution in [0, 0.1) is 13.8 Å². The SMILES string of the molecule is Cc1ccc(NC(=O)C(=O)N2CCCCC2C)cc1C. The Balaban J connectivity index is 2.03. The first-order chi connectivity index (χ1) is 9.49. The van der Waals surface area contributed by atoms with Gasteiger partial charge in [-0.2, -0.15) is 0 Å². The monoisotopic (exact) mass is 274 g/mol. The number of amides is 2. The zero-order valence-corrected chi connectivity index (χ0v) is 12.4. The highest BCUT2D eigenvalue weighted by atomic mass is 16.2. The molecule has 2 amide bonds. The van der Waals surface area contributed by atoms with Crippen molar-refractivity contribution in [3.05, 3.63) is 29.3 Å². The average Bonchev–Trinajstić information content (AvgIpc) is 2.42. The molecule has 4 nitrogen and oxygen atoms in total. The van der Waals surface area contributed by atoms with Crippen molar-refractivity contribution in [2.24, 2.45) is 0 Å². The third-order valence-electron chi connectivity index (χ3n) is 4.02. The van der Waals surface area contributed by atoms with Gasteiger partial charge in [0.2, 0.25) is 0 Å². The number of hydrogen-bond acceptors (Lipinski definition) is 2. The second kappa shape index (κ2) is 6.07. The number of piperidine rings is 1. The Morgan fingerprint density at radius 1 is 1.20 bits per heavy atom. The molecular formula is C16H22N2O2. The Bertz CT molecular complexity index is 525. The quantitative estimate of drug-likeness (QED) is 0.800. The third kappa shape index (κ3) is 3.18. The second-order valence-electron chi connectivity index (χ2n) is 5.60. The molecule has 1 unspecified atom stereocenters. The molecule has 1 N–H and O–H groups in total. The van der Waals surface area contributed by atoms with Gasteiger partial charge in [-0.3, -0.25) is 9.59 Å². The van der Waals surface area contributed by atoms with E-state index in [9.17, 15) is 9.59 Å². The lowest BCUT2D eigenvalue weighted by Crippen LogP contribution is -2.47. The van der Waals surface area contributed by atoms with Crippen LogP contribution >= 0.6 is 0 Å². The molecule has 0 aromatic heterocycles. The first kappa shape index (κ1) is 14.6. The molecule has 0 aliphatic carbocycles. The smallest absolute Gasteiger partial charge is 0.313 e. The Morgan fingerprint density at radius 3 is 2.60 bits per heavy atom. The van der Waals surface area contributed by atoms with Crippen LogP contribution in [0.1, 0.15) is 37.3 Å². The molecule has 0 spiro atoms. The topological polar surface area (TPSA) is 49.4 Å². The summed E-state index contributed by atoms with van der Waals surface area (Å²) in [5.41, 5.74) is 2.94. The summed E-state index contributed by atoms with van der Waals surface area (Å²) in [6.07, 6.45) is 3.08. The van der Waals surface area contributed by atoms with Gasteiger partial charge in [0.25, 0.3) is 0 Å². The minimum absolute atomic E-state index is 0.154. The number of nitrogens with zero attached hydrogens (tertiary/aromatic N) is 1. The molecule has 1 atom stereocenters. The molecule has 1 heterocycles. The van der Waals surface area contributed by atoms with Crippen LogP contribution in [0.25, 0.3) is 0 Å². The van der Waals surface area contributed by atoms with E-state index in [1.54, 1.807) is 4.90 Å². The van der Waals surface area contributed by atoms with Crippen molar-refractivity contribution in [2.45, 2.75) is 46.1 Å². The second-order valence-corrected chi connectivity index (χ2v) is 5.60. The largest absolute Gasteiger partial charge is 0.332 e. The minimum atomic E-state index is -0.540. The van der Waals surface area contributed by atoms with Gasteiger partial charge in [-0.25, -0.2) is 0 Å². The summed E-state index contributed by atoms with van der Waals surface area (Å²) in [7, 11) is 0. The van der Waals surface area contributed by atoms with Gasteiger partial charge in [-0.15, -0.1) is 0 Å². The molecule has 0 radical (unpaired) electrons. The first-order valence-corrected chi connectivity index (χ1v) is 7.18. The lowest BCUT2D eigenvalue weighted by molar-refractivity contribution is -0.145. The van der Waals surface area contributed by atoms with Crippen LogP contribution < -0.4 is 5.32 Å². The van der Waals surface area contributed by atoms with E-state index in [2.05, 4.69) is 5.32 Å². The van der Waals surface area contributed by atoms with Crippen LogP contribution in [0.3, 0.4) is 0 Å². The van der Waals surface area contributed by atoms with E-state index in [4.69, 9.17) is 0 Å². The van der Waals surface area contributed by atoms with Gasteiger partial charge in [-0.1, -0.05) is 6.07 Å². The zero-order valence-electron chi connectivity index (χ0n) is 12.4. The molecule has 1 aromatic carbocycles. The maximum absolute atomic E-state index is 12.2. The van der Waals surface area contributed by atoms with Crippen molar-refractivity contribution in [2.75, 3.05) is 11.9 Å². The molecule has 1 aliphatic heterocycles. The third-order valence-corrected chi connectivity index (χ3v) is 4.02. The molecular weight excluding hydrogens is 252 g/mol. The van der Waals surface area contributed by atoms with E-state index in [-0.39, 0.29) is 6.04 Å². The van der Waals surface area contributed by atoms with E-state index in [1.165, 1.54) is 5.56 Å². The highest BCUT2D eigenvalue weighted by molar-refractivity contribution is 6.39. The summed E-state index contributed by atoms with van der Waals surface area (Å²) in [4.78, 5) is 25.9. The van der Waals surface area contributed by atoms with Gasteiger partial charge in [0, 0.05) is 18.3 Å². The standard InChI is InChI=1S/C16H22N2O2/c1-11-7-8-14(10-12(11)2)17-15(19)16(20)18-9-5-4-6-13(18)3/h7-8,10,13H,4-6,9H2,1-3H3,(H,17,19). The molecule has 1 aromatic rings. The highest BCUT2D eigenvalue weighted by Gasteiger charge is 2.28. The van der Waals surface area contributed by atoms with Crippen molar-refractivity contribution in [3.8, 4) is 0 Å². The maximum Gasteiger partial charge on any atom is 0.313 e. The number of aryl methyl sites for hydroxylation is 2. The molecule has 108 valence electrons. The Morgan fingerprint density at radius 2 is 1.95 bits per heavy atom. The molecule has 1 saturated heterocycles. The van der Waals surface area contributed by atoms with E-state index in [0.717, 1.165) is 24.8 Å². The maximum atomic E-state index is 12.2. The molecule has 20 heavy (non-hydrogen) atoms. The number of carbonyl (C=O) groups is 2. The summed E-state index contributed by atoms with van der Waals surface area (Å²) in [5, 5.41) is 2.70. The fourth-order valence-corrected chi connectivity index (χ4v) is 2.53. The molecule has 1 aliphatic rings. The van der Waals surface area contributed by atoms with Crippen molar-refractivity contribution >= 4 is 17.5 Å². The number of nitrogens with one attached hydrogen (secondary N) is 1. The van der Waals surface area contributed by atoms with Crippen LogP contribution in [0.15, 0.2) is 18.2 Å². The molecule has 4 heteroatoms. The number of hydrogen-bond donors (Lipinski definition) is 1. The number of rotatable bonds is 1. The average molecular weight is 274 g/mol. The van der Waals surface area contributed by atoms with Gasteiger partial charge >= 0.3 is 11.8 Å². The first-order valence-electron chi connectivity index (χ1n) is 7.18. The van der Waals surface area contributed by atoms with Crippen LogP contribution in [-0.2, 0) is 9.59 Å². The van der Waals surface area contributed by atoms with E-state index in [0.29, 0.717) is 12.2 Å². The van der Waals surface area contributed by atoms with Crippen LogP contribution in [-0.4, -0.2) is 29.3 Å². The molecule has 0 saturated carbocycles. The fraction of sp³-hybridized carbons (Fsp3) is 0.500. The van der Waals surface area contributed by atoms with E-state index < -0.39 is 11.8 Å². The zero-order chi connectivity index (χ0) is 14.7. The summed E-state index contributed by atoms with van der Waals surface area (Å²) in [6, 6.07) is 5.81. The lowest BCUT2D eigenvalue weighted by atomic mass is 10.0. The predicted octanol–water partition coefficient (Wildman–Crippen LogP) is 2.64. The van der Waals surface area contributed by atoms with Crippen LogP contribution in [0.2, 0.25) is 0 Å². The van der Waals surface area contributed by atoms with Crippen LogP contribution in [0.5, 0.6) is 0 Å². The van der Waals surface area contributed by atoms with Crippen molar-refractivity contribution in [1.82, 2.24) is 4.90 Å². The normalized spacial score (nSPS) is 18.8. The highest BCUT2D eigenvalue weighted by Crippen LogP contribution is 2.18. The van der Waals surface area contributed by atoms with Gasteiger partial charge in [-0.05, 0) is 63.3 Å². The van der Waals surface area contributed by atoms with Crippen molar-refractivity contribution in [3.63, 3.8) is 0 Å². The number of likely N-dealkylation sites (tertiary alicyclic amines) is 1. The fourth-order valence-electron chi connectivity index (χ4n) is 2.53. The molecule has 2 rings (SSSR count). The van der Waals surface area contributed by atoms with Gasteiger partial charge in [0.1, 0.15) is 0 Å². The summed E-state index contributed by atoms with van der Waals surface area (Å²) in [5.74, 6) is -0.961. The van der Waals surface area contributed by atoms with Crippen LogP contribution in [0.4, 0.5) is 5.69 Å². The van der Waals surface area contributed by atoms with E-state index in [1.807, 2.05) is 39.0 Å². The number of benzene rings is 1. The Kier molecular flexibility index (Phi) is 4.42. The van der Waals surface area contributed by atoms with Crippen molar-refractivity contribution in [1.29, 1.82) is 0 Å². The summed E-state index contributed by atoms with van der Waals surface area (Å²) < 4.78 is 0. The Labute approximate surface area is 120 Å². The lowest BCUT2D eigenvalue weighted by Gasteiger charge is -2.32. The number of carbonyl (C=O) groups excluding carboxylic acids is 2. The summed E-state index contributed by atoms with van der Waals surface area (Å²) >= 11 is 0. The number of anilines is 1. The van der Waals surface area contributed by atoms with Gasteiger partial charge in [0.05, 0.1) is 0 Å². The van der Waals surface area contributed by atoms with Gasteiger partial charge in [0.15, 0.2) is 0 Å². The predicted molar refractivity (Wildman–Crippen MR) is 79.6 cm³/mol. The summed E-state index contributed by atoms with van der Waals surface area (Å²) in [6.45, 7) is 6.68. The van der Waals surface area contributed by atoms with Gasteiger partial charge < -0.3 is 10.2 Å². The van der Waals surface area contributed by atoms with E-state index >= 15 is 0 Å². The molecule has 0 bridgehead atoms. The minimum Gasteiger partial charge on any atom is -0.332 e. The Hall–Kier alpha value is -1.84. The van der Waals surface area contributed by atoms with Crippen molar-refractivity contribution < 1.29 is 9.59 Å². The molecule has 1 fully saturated rings.